The second-order valence-corrected chi connectivity index (χ2v) is 3.71. The summed E-state index contributed by atoms with van der Waals surface area (Å²) in [6.07, 6.45) is 0. The van der Waals surface area contributed by atoms with Gasteiger partial charge in [0, 0.05) is 24.8 Å². The molecule has 0 aliphatic rings. The van der Waals surface area contributed by atoms with Gasteiger partial charge in [-0.2, -0.15) is 0 Å². The van der Waals surface area contributed by atoms with Crippen LogP contribution in [0.2, 0.25) is 5.02 Å². The van der Waals surface area contributed by atoms with E-state index in [2.05, 4.69) is 0 Å². The van der Waals surface area contributed by atoms with Crippen LogP contribution >= 0.6 is 11.6 Å². The first-order valence-corrected chi connectivity index (χ1v) is 4.52. The molecule has 0 saturated carbocycles. The van der Waals surface area contributed by atoms with Crippen molar-refractivity contribution in [2.75, 3.05) is 19.0 Å². The quantitative estimate of drug-likeness (QED) is 0.820. The number of rotatable bonds is 2. The zero-order chi connectivity index (χ0) is 10.9. The van der Waals surface area contributed by atoms with E-state index in [4.69, 9.17) is 16.7 Å². The molecule has 0 fully saturated rings. The van der Waals surface area contributed by atoms with E-state index < -0.39 is 5.97 Å². The van der Waals surface area contributed by atoms with E-state index >= 15 is 0 Å². The lowest BCUT2D eigenvalue weighted by Gasteiger charge is -2.17. The summed E-state index contributed by atoms with van der Waals surface area (Å²) in [4.78, 5) is 12.6. The molecule has 1 aromatic rings. The van der Waals surface area contributed by atoms with Crippen LogP contribution < -0.4 is 4.90 Å². The molecule has 0 unspecified atom stereocenters. The van der Waals surface area contributed by atoms with E-state index in [1.54, 1.807) is 6.07 Å². The second-order valence-electron chi connectivity index (χ2n) is 3.30. The number of carboxylic acids is 1. The van der Waals surface area contributed by atoms with Gasteiger partial charge in [-0.1, -0.05) is 11.6 Å². The number of aromatic carboxylic acids is 1. The van der Waals surface area contributed by atoms with Crippen LogP contribution in [0.1, 0.15) is 15.9 Å². The number of carboxylic acid groups (broad SMARTS) is 1. The Morgan fingerprint density at radius 3 is 2.43 bits per heavy atom. The van der Waals surface area contributed by atoms with Crippen molar-refractivity contribution in [1.82, 2.24) is 0 Å². The third-order valence-corrected chi connectivity index (χ3v) is 2.44. The molecule has 1 N–H and O–H groups in total. The molecule has 0 saturated heterocycles. The molecule has 0 aliphatic carbocycles. The van der Waals surface area contributed by atoms with Gasteiger partial charge in [-0.15, -0.1) is 0 Å². The highest BCUT2D eigenvalue weighted by atomic mass is 35.5. The Morgan fingerprint density at radius 2 is 2.00 bits per heavy atom. The van der Waals surface area contributed by atoms with Crippen molar-refractivity contribution in [2.45, 2.75) is 6.92 Å². The Bertz CT molecular complexity index is 375. The first kappa shape index (κ1) is 10.9. The predicted octanol–water partition coefficient (Wildman–Crippen LogP) is 2.41. The van der Waals surface area contributed by atoms with Crippen LogP contribution in [0, 0.1) is 6.92 Å². The minimum atomic E-state index is -0.963. The van der Waals surface area contributed by atoms with E-state index in [1.807, 2.05) is 25.9 Å². The molecule has 0 bridgehead atoms. The fourth-order valence-corrected chi connectivity index (χ4v) is 1.47. The van der Waals surface area contributed by atoms with Gasteiger partial charge >= 0.3 is 5.97 Å². The largest absolute Gasteiger partial charge is 0.478 e. The summed E-state index contributed by atoms with van der Waals surface area (Å²) < 4.78 is 0. The van der Waals surface area contributed by atoms with E-state index in [0.717, 1.165) is 11.3 Å². The Morgan fingerprint density at radius 1 is 1.43 bits per heavy atom. The Labute approximate surface area is 87.9 Å². The van der Waals surface area contributed by atoms with Crippen molar-refractivity contribution in [3.63, 3.8) is 0 Å². The molecule has 0 spiro atoms. The summed E-state index contributed by atoms with van der Waals surface area (Å²) in [5, 5.41) is 9.31. The van der Waals surface area contributed by atoms with Gasteiger partial charge in [0.25, 0.3) is 0 Å². The molecule has 0 radical (unpaired) electrons. The average Bonchev–Trinajstić information content (AvgIpc) is 2.08. The van der Waals surface area contributed by atoms with Crippen molar-refractivity contribution < 1.29 is 9.90 Å². The van der Waals surface area contributed by atoms with Crippen molar-refractivity contribution >= 4 is 23.3 Å². The number of nitrogens with zero attached hydrogens (tertiary/aromatic N) is 1. The molecular formula is C10H12ClNO2. The van der Waals surface area contributed by atoms with Gasteiger partial charge in [0.1, 0.15) is 0 Å². The first-order valence-electron chi connectivity index (χ1n) is 4.14. The van der Waals surface area contributed by atoms with Crippen molar-refractivity contribution in [2.24, 2.45) is 0 Å². The minimum absolute atomic E-state index is 0.212. The lowest BCUT2D eigenvalue weighted by molar-refractivity contribution is 0.0697. The molecule has 14 heavy (non-hydrogen) atoms. The van der Waals surface area contributed by atoms with Crippen LogP contribution in [0.25, 0.3) is 0 Å². The van der Waals surface area contributed by atoms with E-state index in [-0.39, 0.29) is 5.56 Å². The molecule has 3 nitrogen and oxygen atoms in total. The average molecular weight is 214 g/mol. The summed E-state index contributed by atoms with van der Waals surface area (Å²) in [5.41, 5.74) is 1.93. The van der Waals surface area contributed by atoms with Crippen LogP contribution in [-0.4, -0.2) is 25.2 Å². The monoisotopic (exact) mass is 213 g/mol. The Kier molecular flexibility index (Phi) is 3.01. The van der Waals surface area contributed by atoms with Crippen LogP contribution in [0.4, 0.5) is 5.69 Å². The molecular weight excluding hydrogens is 202 g/mol. The first-order chi connectivity index (χ1) is 6.43. The van der Waals surface area contributed by atoms with Gasteiger partial charge in [-0.05, 0) is 24.6 Å². The lowest BCUT2D eigenvalue weighted by Crippen LogP contribution is -2.12. The van der Waals surface area contributed by atoms with Gasteiger partial charge in [0.15, 0.2) is 0 Å². The second kappa shape index (κ2) is 3.88. The molecule has 0 aliphatic heterocycles. The van der Waals surface area contributed by atoms with Crippen LogP contribution in [0.5, 0.6) is 0 Å². The molecule has 0 aromatic heterocycles. The maximum absolute atomic E-state index is 10.8. The van der Waals surface area contributed by atoms with Gasteiger partial charge in [0.05, 0.1) is 5.56 Å². The number of halogens is 1. The molecule has 76 valence electrons. The van der Waals surface area contributed by atoms with Gasteiger partial charge in [-0.3, -0.25) is 0 Å². The third-order valence-electron chi connectivity index (χ3n) is 2.05. The van der Waals surface area contributed by atoms with Crippen LogP contribution in [0.15, 0.2) is 12.1 Å². The number of hydrogen-bond acceptors (Lipinski definition) is 2. The highest BCUT2D eigenvalue weighted by Crippen LogP contribution is 2.27. The normalized spacial score (nSPS) is 10.0. The molecule has 0 atom stereocenters. The van der Waals surface area contributed by atoms with Gasteiger partial charge in [-0.25, -0.2) is 4.79 Å². The highest BCUT2D eigenvalue weighted by Gasteiger charge is 2.11. The van der Waals surface area contributed by atoms with E-state index in [1.165, 1.54) is 6.07 Å². The van der Waals surface area contributed by atoms with E-state index in [0.29, 0.717) is 5.02 Å². The molecule has 0 amide bonds. The van der Waals surface area contributed by atoms with Gasteiger partial charge < -0.3 is 10.0 Å². The van der Waals surface area contributed by atoms with Crippen LogP contribution in [0.3, 0.4) is 0 Å². The zero-order valence-corrected chi connectivity index (χ0v) is 9.09. The topological polar surface area (TPSA) is 40.5 Å². The molecule has 0 heterocycles. The maximum Gasteiger partial charge on any atom is 0.335 e. The SMILES string of the molecule is Cc1c(Cl)cc(C(=O)O)cc1N(C)C. The van der Waals surface area contributed by atoms with Crippen molar-refractivity contribution in [1.29, 1.82) is 0 Å². The maximum atomic E-state index is 10.8. The number of anilines is 1. The summed E-state index contributed by atoms with van der Waals surface area (Å²) in [7, 11) is 3.70. The fourth-order valence-electron chi connectivity index (χ4n) is 1.25. The number of hydrogen-bond donors (Lipinski definition) is 1. The summed E-state index contributed by atoms with van der Waals surface area (Å²) in [6.45, 7) is 1.86. The fraction of sp³-hybridized carbons (Fsp3) is 0.300. The van der Waals surface area contributed by atoms with E-state index in [9.17, 15) is 4.79 Å². The predicted molar refractivity (Wildman–Crippen MR) is 57.5 cm³/mol. The number of carbonyl (C=O) groups is 1. The Hall–Kier alpha value is -1.22. The van der Waals surface area contributed by atoms with Crippen LogP contribution in [-0.2, 0) is 0 Å². The van der Waals surface area contributed by atoms with Gasteiger partial charge in [0.2, 0.25) is 0 Å². The minimum Gasteiger partial charge on any atom is -0.478 e. The molecule has 4 heteroatoms. The highest BCUT2D eigenvalue weighted by molar-refractivity contribution is 6.32. The zero-order valence-electron chi connectivity index (χ0n) is 8.34. The summed E-state index contributed by atoms with van der Waals surface area (Å²) >= 11 is 5.92. The third kappa shape index (κ3) is 1.99. The number of benzene rings is 1. The summed E-state index contributed by atoms with van der Waals surface area (Å²) in [5.74, 6) is -0.963. The van der Waals surface area contributed by atoms with Crippen molar-refractivity contribution in [3.8, 4) is 0 Å². The molecule has 1 rings (SSSR count). The lowest BCUT2D eigenvalue weighted by atomic mass is 10.1. The Balaban J connectivity index is 3.35. The smallest absolute Gasteiger partial charge is 0.335 e. The van der Waals surface area contributed by atoms with Crippen molar-refractivity contribution in [3.05, 3.63) is 28.3 Å². The molecule has 1 aromatic carbocycles. The standard InChI is InChI=1S/C10H12ClNO2/c1-6-8(11)4-7(10(13)14)5-9(6)12(2)3/h4-5H,1-3H3,(H,13,14). The summed E-state index contributed by atoms with van der Waals surface area (Å²) in [6, 6.07) is 3.08.